The fourth-order valence-corrected chi connectivity index (χ4v) is 10.1. The summed E-state index contributed by atoms with van der Waals surface area (Å²) >= 11 is 0. The molecular weight excluding hydrogens is 883 g/mol. The first kappa shape index (κ1) is 44.8. The average Bonchev–Trinajstić information content (AvgIpc) is 4.39. The van der Waals surface area contributed by atoms with Crippen molar-refractivity contribution in [2.75, 3.05) is 75.6 Å². The third kappa shape index (κ3) is 9.52. The Bertz CT molecular complexity index is 3030. The Morgan fingerprint density at radius 1 is 0.535 bits per heavy atom. The summed E-state index contributed by atoms with van der Waals surface area (Å²) in [5.74, 6) is 5.20. The van der Waals surface area contributed by atoms with Crippen molar-refractivity contribution in [2.45, 2.75) is 37.8 Å². The van der Waals surface area contributed by atoms with Crippen molar-refractivity contribution in [3.63, 3.8) is 0 Å². The van der Waals surface area contributed by atoms with Gasteiger partial charge < -0.3 is 28.7 Å². The lowest BCUT2D eigenvalue weighted by Gasteiger charge is -2.37. The Labute approximate surface area is 415 Å². The van der Waals surface area contributed by atoms with E-state index in [-0.39, 0.29) is 0 Å². The number of morpholine rings is 2. The summed E-state index contributed by atoms with van der Waals surface area (Å²) in [4.78, 5) is 18.7. The van der Waals surface area contributed by atoms with Crippen LogP contribution in [0.1, 0.15) is 59.1 Å². The van der Waals surface area contributed by atoms with Crippen molar-refractivity contribution in [1.29, 1.82) is 0 Å². The zero-order chi connectivity index (χ0) is 47.4. The largest absolute Gasteiger partial charge is 0.493 e. The van der Waals surface area contributed by atoms with Crippen LogP contribution in [0.15, 0.2) is 169 Å². The van der Waals surface area contributed by atoms with Crippen LogP contribution in [-0.2, 0) is 21.6 Å². The minimum absolute atomic E-state index is 0.668. The molecule has 3 aliphatic heterocycles. The first-order valence-corrected chi connectivity index (χ1v) is 25.4. The quantitative estimate of drug-likeness (QED) is 0.0987. The summed E-state index contributed by atoms with van der Waals surface area (Å²) in [6.45, 7) is 8.69. The minimum atomic E-state index is -0.739. The van der Waals surface area contributed by atoms with E-state index >= 15 is 0 Å². The molecule has 4 fully saturated rings. The monoisotopic (exact) mass is 941 g/mol. The van der Waals surface area contributed by atoms with E-state index in [1.54, 1.807) is 0 Å². The number of fused-ring (bicyclic) bond motifs is 2. The molecule has 2 saturated heterocycles. The Morgan fingerprint density at radius 2 is 1.04 bits per heavy atom. The first-order valence-electron chi connectivity index (χ1n) is 25.4. The van der Waals surface area contributed by atoms with Gasteiger partial charge in [0.25, 0.3) is 0 Å². The van der Waals surface area contributed by atoms with Crippen LogP contribution in [0.5, 0.6) is 11.5 Å². The predicted molar refractivity (Wildman–Crippen MR) is 280 cm³/mol. The standard InChI is InChI=1S/C39H36N4O2.C21H23N3O2/c1-4-10-31(11-5-1)39(32-12-6-2-7-13-32,33-14-8-3-9-15-33)43-36-19-18-34(45-28-29-16-17-29)27-35(36)38(41-43)30-20-21-40-37(26-30)42-22-24-44-25-23-42;1-2-15(1)14-26-18-4-3-17-13-23-21(19(17)12-18)16-5-6-22-20(11-16)24-7-9-25-10-8-24/h1-15,18-21,26-27,29H,16-17,22-25,28H2;3-6,11-12,15H,1-2,7-10,13-14H2. The van der Waals surface area contributed by atoms with Crippen LogP contribution in [0, 0.1) is 11.8 Å². The smallest absolute Gasteiger partial charge is 0.138 e. The highest BCUT2D eigenvalue weighted by Crippen LogP contribution is 2.45. The van der Waals surface area contributed by atoms with Crippen LogP contribution in [0.4, 0.5) is 11.6 Å². The number of rotatable bonds is 14. The SMILES string of the molecule is c1cc(C2=NCc3ccc(OCC4CC4)cc32)cc(N2CCOCC2)n1.c1ccc(C(c2ccccc2)(c2ccccc2)n2nc(-c3ccnc(N4CCOCC4)c3)c3cc(OCC4CC4)ccc32)cc1. The van der Waals surface area contributed by atoms with E-state index in [9.17, 15) is 0 Å². The normalized spacial score (nSPS) is 16.8. The summed E-state index contributed by atoms with van der Waals surface area (Å²) < 4.78 is 25.6. The summed E-state index contributed by atoms with van der Waals surface area (Å²) in [5, 5.41) is 6.64. The van der Waals surface area contributed by atoms with Crippen molar-refractivity contribution < 1.29 is 18.9 Å². The molecule has 358 valence electrons. The van der Waals surface area contributed by atoms with Crippen molar-refractivity contribution in [1.82, 2.24) is 19.7 Å². The van der Waals surface area contributed by atoms with Gasteiger partial charge in [-0.2, -0.15) is 5.10 Å². The molecule has 11 nitrogen and oxygen atoms in total. The van der Waals surface area contributed by atoms with E-state index < -0.39 is 5.54 Å². The van der Waals surface area contributed by atoms with Crippen LogP contribution < -0.4 is 19.3 Å². The Balaban J connectivity index is 0.000000168. The van der Waals surface area contributed by atoms with Gasteiger partial charge >= 0.3 is 0 Å². The van der Waals surface area contributed by atoms with Crippen molar-refractivity contribution in [3.8, 4) is 22.8 Å². The summed E-state index contributed by atoms with van der Waals surface area (Å²) in [6, 6.07) is 53.5. The molecule has 0 radical (unpaired) electrons. The molecule has 5 aromatic carbocycles. The second kappa shape index (κ2) is 20.2. The molecule has 0 amide bonds. The molecule has 5 aliphatic rings. The predicted octanol–water partition coefficient (Wildman–Crippen LogP) is 10.6. The van der Waals surface area contributed by atoms with Crippen LogP contribution in [0.3, 0.4) is 0 Å². The average molecular weight is 942 g/mol. The third-order valence-electron chi connectivity index (χ3n) is 14.4. The van der Waals surface area contributed by atoms with Gasteiger partial charge in [0.05, 0.1) is 57.4 Å². The van der Waals surface area contributed by atoms with E-state index in [2.05, 4.69) is 171 Å². The molecular formula is C60H59N7O4. The highest BCUT2D eigenvalue weighted by atomic mass is 16.5. The number of benzene rings is 5. The summed E-state index contributed by atoms with van der Waals surface area (Å²) in [5.41, 5.74) is 10.3. The maximum Gasteiger partial charge on any atom is 0.138 e. The van der Waals surface area contributed by atoms with Crippen molar-refractivity contribution >= 4 is 28.3 Å². The molecule has 2 saturated carbocycles. The molecule has 0 bridgehead atoms. The second-order valence-corrected chi connectivity index (χ2v) is 19.2. The topological polar surface area (TPSA) is 99.4 Å². The highest BCUT2D eigenvalue weighted by molar-refractivity contribution is 6.15. The first-order chi connectivity index (χ1) is 35.2. The number of hydrogen-bond donors (Lipinski definition) is 0. The zero-order valence-corrected chi connectivity index (χ0v) is 40.1. The lowest BCUT2D eigenvalue weighted by atomic mass is 9.77. The van der Waals surface area contributed by atoms with Gasteiger partial charge in [0.1, 0.15) is 34.4 Å². The van der Waals surface area contributed by atoms with E-state index in [0.717, 1.165) is 138 Å². The summed E-state index contributed by atoms with van der Waals surface area (Å²) in [6.07, 6.45) is 8.89. The van der Waals surface area contributed by atoms with Crippen LogP contribution in [0.25, 0.3) is 22.2 Å². The van der Waals surface area contributed by atoms with Gasteiger partial charge in [-0.25, -0.2) is 14.6 Å². The van der Waals surface area contributed by atoms with E-state index in [1.807, 2.05) is 12.4 Å². The number of pyridine rings is 2. The number of aromatic nitrogens is 4. The molecule has 11 heteroatoms. The molecule has 13 rings (SSSR count). The van der Waals surface area contributed by atoms with Gasteiger partial charge in [0.2, 0.25) is 0 Å². The number of nitrogens with zero attached hydrogens (tertiary/aromatic N) is 7. The Kier molecular flexibility index (Phi) is 12.7. The van der Waals surface area contributed by atoms with E-state index in [1.165, 1.54) is 36.8 Å². The van der Waals surface area contributed by atoms with Gasteiger partial charge in [-0.15, -0.1) is 0 Å². The van der Waals surface area contributed by atoms with Gasteiger partial charge in [-0.1, -0.05) is 97.1 Å². The van der Waals surface area contributed by atoms with E-state index in [4.69, 9.17) is 34.0 Å². The molecule has 0 unspecified atom stereocenters. The number of aliphatic imine (C=N–C) groups is 1. The van der Waals surface area contributed by atoms with Gasteiger partial charge in [0.15, 0.2) is 0 Å². The fraction of sp³-hybridized carbons (Fsp3) is 0.300. The third-order valence-corrected chi connectivity index (χ3v) is 14.4. The van der Waals surface area contributed by atoms with Gasteiger partial charge in [-0.3, -0.25) is 4.99 Å². The lowest BCUT2D eigenvalue weighted by molar-refractivity contribution is 0.122. The molecule has 0 atom stereocenters. The highest BCUT2D eigenvalue weighted by Gasteiger charge is 2.41. The molecule has 0 N–H and O–H groups in total. The number of ether oxygens (including phenoxy) is 4. The molecule has 0 spiro atoms. The van der Waals surface area contributed by atoms with Gasteiger partial charge in [-0.05, 0) is 114 Å². The Morgan fingerprint density at radius 3 is 1.59 bits per heavy atom. The van der Waals surface area contributed by atoms with Crippen molar-refractivity contribution in [2.24, 2.45) is 16.8 Å². The summed E-state index contributed by atoms with van der Waals surface area (Å²) in [7, 11) is 0. The lowest BCUT2D eigenvalue weighted by Crippen LogP contribution is -2.38. The van der Waals surface area contributed by atoms with Crippen LogP contribution in [0.2, 0.25) is 0 Å². The number of anilines is 2. The second-order valence-electron chi connectivity index (χ2n) is 19.2. The van der Waals surface area contributed by atoms with Crippen LogP contribution in [-0.4, -0.2) is 91.3 Å². The minimum Gasteiger partial charge on any atom is -0.493 e. The number of hydrogen-bond acceptors (Lipinski definition) is 10. The molecule has 8 aromatic rings. The Hall–Kier alpha value is -7.34. The van der Waals surface area contributed by atoms with Crippen LogP contribution >= 0.6 is 0 Å². The maximum atomic E-state index is 6.33. The van der Waals surface area contributed by atoms with Crippen molar-refractivity contribution in [3.05, 3.63) is 197 Å². The maximum absolute atomic E-state index is 6.33. The zero-order valence-electron chi connectivity index (χ0n) is 40.1. The van der Waals surface area contributed by atoms with E-state index in [0.29, 0.717) is 19.1 Å². The van der Waals surface area contributed by atoms with Gasteiger partial charge in [0, 0.05) is 60.6 Å². The molecule has 2 aliphatic carbocycles. The molecule has 6 heterocycles. The molecule has 71 heavy (non-hydrogen) atoms. The molecule has 3 aromatic heterocycles. The fourth-order valence-electron chi connectivity index (χ4n) is 10.1.